The van der Waals surface area contributed by atoms with Gasteiger partial charge < -0.3 is 15.0 Å². The van der Waals surface area contributed by atoms with E-state index in [1.807, 2.05) is 7.05 Å². The number of carbonyl (C=O) groups excluding carboxylic acids is 1. The van der Waals surface area contributed by atoms with E-state index >= 15 is 0 Å². The monoisotopic (exact) mass is 299 g/mol. The number of carbonyl (C=O) groups is 1. The average molecular weight is 299 g/mol. The summed E-state index contributed by atoms with van der Waals surface area (Å²) >= 11 is 0. The van der Waals surface area contributed by atoms with Gasteiger partial charge in [-0.05, 0) is 18.3 Å². The van der Waals surface area contributed by atoms with Crippen molar-refractivity contribution in [2.45, 2.75) is 40.7 Å². The molecule has 0 aromatic rings. The summed E-state index contributed by atoms with van der Waals surface area (Å²) in [5.41, 5.74) is 0.0739. The third kappa shape index (κ3) is 6.66. The van der Waals surface area contributed by atoms with Gasteiger partial charge >= 0.3 is 6.03 Å². The van der Waals surface area contributed by atoms with Crippen molar-refractivity contribution in [2.75, 3.05) is 46.4 Å². The van der Waals surface area contributed by atoms with Crippen molar-refractivity contribution >= 4 is 6.03 Å². The van der Waals surface area contributed by atoms with E-state index in [0.29, 0.717) is 5.92 Å². The van der Waals surface area contributed by atoms with Crippen LogP contribution in [0, 0.1) is 11.3 Å². The highest BCUT2D eigenvalue weighted by atomic mass is 16.5. The second kappa shape index (κ2) is 7.99. The summed E-state index contributed by atoms with van der Waals surface area (Å²) in [6, 6.07) is 0.216. The fourth-order valence-corrected chi connectivity index (χ4v) is 2.60. The molecule has 0 aromatic heterocycles. The molecule has 1 rings (SSSR count). The lowest BCUT2D eigenvalue weighted by Crippen LogP contribution is -2.50. The smallest absolute Gasteiger partial charge is 0.317 e. The number of nitrogens with one attached hydrogen (secondary N) is 1. The van der Waals surface area contributed by atoms with Crippen molar-refractivity contribution in [3.8, 4) is 0 Å². The van der Waals surface area contributed by atoms with E-state index in [1.54, 1.807) is 4.90 Å². The van der Waals surface area contributed by atoms with Crippen molar-refractivity contribution in [2.24, 2.45) is 11.3 Å². The maximum absolute atomic E-state index is 12.2. The zero-order valence-corrected chi connectivity index (χ0v) is 14.6. The molecule has 2 amide bonds. The fourth-order valence-electron chi connectivity index (χ4n) is 2.60. The van der Waals surface area contributed by atoms with Crippen molar-refractivity contribution < 1.29 is 9.53 Å². The second-order valence-corrected chi connectivity index (χ2v) is 7.39. The number of hydrogen-bond acceptors (Lipinski definition) is 3. The molecule has 5 heteroatoms. The van der Waals surface area contributed by atoms with E-state index < -0.39 is 0 Å². The predicted molar refractivity (Wildman–Crippen MR) is 86.5 cm³/mol. The minimum Gasteiger partial charge on any atom is -0.379 e. The highest BCUT2D eigenvalue weighted by Crippen LogP contribution is 2.19. The van der Waals surface area contributed by atoms with Crippen molar-refractivity contribution in [3.63, 3.8) is 0 Å². The second-order valence-electron chi connectivity index (χ2n) is 7.39. The lowest BCUT2D eigenvalue weighted by Gasteiger charge is -2.37. The molecular weight excluding hydrogens is 266 g/mol. The lowest BCUT2D eigenvalue weighted by atomic mass is 9.92. The van der Waals surface area contributed by atoms with Crippen LogP contribution in [0.5, 0.6) is 0 Å². The molecule has 0 aliphatic carbocycles. The van der Waals surface area contributed by atoms with Crippen LogP contribution in [0.1, 0.15) is 34.6 Å². The maximum Gasteiger partial charge on any atom is 0.317 e. The summed E-state index contributed by atoms with van der Waals surface area (Å²) in [7, 11) is 1.88. The zero-order chi connectivity index (χ0) is 16.0. The maximum atomic E-state index is 12.2. The largest absolute Gasteiger partial charge is 0.379 e. The van der Waals surface area contributed by atoms with Gasteiger partial charge in [0, 0.05) is 39.3 Å². The van der Waals surface area contributed by atoms with E-state index in [0.717, 1.165) is 39.4 Å². The highest BCUT2D eigenvalue weighted by Gasteiger charge is 2.27. The van der Waals surface area contributed by atoms with E-state index in [4.69, 9.17) is 4.74 Å². The zero-order valence-electron chi connectivity index (χ0n) is 14.6. The van der Waals surface area contributed by atoms with Crippen LogP contribution >= 0.6 is 0 Å². The molecule has 1 aliphatic rings. The number of nitrogens with zero attached hydrogens (tertiary/aromatic N) is 2. The van der Waals surface area contributed by atoms with Gasteiger partial charge in [-0.25, -0.2) is 4.79 Å². The van der Waals surface area contributed by atoms with Gasteiger partial charge in [0.2, 0.25) is 0 Å². The van der Waals surface area contributed by atoms with Crippen LogP contribution < -0.4 is 5.32 Å². The molecule has 0 aromatic carbocycles. The van der Waals surface area contributed by atoms with Crippen LogP contribution in [0.3, 0.4) is 0 Å². The number of rotatable bonds is 6. The predicted octanol–water partition coefficient (Wildman–Crippen LogP) is 2.03. The van der Waals surface area contributed by atoms with Crippen molar-refractivity contribution in [1.29, 1.82) is 0 Å². The first kappa shape index (κ1) is 18.2. The van der Waals surface area contributed by atoms with Gasteiger partial charge in [-0.15, -0.1) is 0 Å². The van der Waals surface area contributed by atoms with Crippen LogP contribution in [0.4, 0.5) is 4.79 Å². The van der Waals surface area contributed by atoms with Gasteiger partial charge in [0.15, 0.2) is 0 Å². The van der Waals surface area contributed by atoms with Crippen molar-refractivity contribution in [1.82, 2.24) is 15.1 Å². The third-order valence-electron chi connectivity index (χ3n) is 4.12. The molecule has 1 fully saturated rings. The van der Waals surface area contributed by atoms with Gasteiger partial charge in [0.1, 0.15) is 0 Å². The first-order valence-corrected chi connectivity index (χ1v) is 8.03. The molecule has 0 radical (unpaired) electrons. The summed E-state index contributed by atoms with van der Waals surface area (Å²) in [6.07, 6.45) is 0. The van der Waals surface area contributed by atoms with Gasteiger partial charge in [-0.2, -0.15) is 0 Å². The molecule has 1 unspecified atom stereocenters. The quantitative estimate of drug-likeness (QED) is 0.816. The average Bonchev–Trinajstić information content (AvgIpc) is 2.38. The molecule has 5 nitrogen and oxygen atoms in total. The van der Waals surface area contributed by atoms with Gasteiger partial charge in [-0.3, -0.25) is 4.90 Å². The first-order valence-electron chi connectivity index (χ1n) is 8.03. The summed E-state index contributed by atoms with van der Waals surface area (Å²) < 4.78 is 5.38. The molecule has 0 bridgehead atoms. The molecular formula is C16H33N3O2. The third-order valence-corrected chi connectivity index (χ3v) is 4.12. The Balaban J connectivity index is 2.43. The molecule has 1 saturated heterocycles. The number of urea groups is 1. The number of morpholine rings is 1. The molecule has 0 saturated carbocycles. The number of hydrogen-bond donors (Lipinski definition) is 1. The summed E-state index contributed by atoms with van der Waals surface area (Å²) in [4.78, 5) is 16.4. The normalized spacial score (nSPS) is 18.6. The number of amides is 2. The van der Waals surface area contributed by atoms with Crippen LogP contribution in [0.25, 0.3) is 0 Å². The summed E-state index contributed by atoms with van der Waals surface area (Å²) in [5, 5.41) is 3.06. The van der Waals surface area contributed by atoms with Gasteiger partial charge in [0.25, 0.3) is 0 Å². The molecule has 124 valence electrons. The Labute approximate surface area is 130 Å². The molecule has 1 atom stereocenters. The molecule has 1 N–H and O–H groups in total. The Morgan fingerprint density at radius 2 is 1.86 bits per heavy atom. The van der Waals surface area contributed by atoms with Crippen LogP contribution in [-0.4, -0.2) is 68.3 Å². The van der Waals surface area contributed by atoms with E-state index in [1.165, 1.54) is 0 Å². The summed E-state index contributed by atoms with van der Waals surface area (Å²) in [6.45, 7) is 16.1. The molecule has 1 aliphatic heterocycles. The Morgan fingerprint density at radius 1 is 1.29 bits per heavy atom. The van der Waals surface area contributed by atoms with Crippen molar-refractivity contribution in [3.05, 3.63) is 0 Å². The van der Waals surface area contributed by atoms with Gasteiger partial charge in [0.05, 0.1) is 13.2 Å². The number of ether oxygens (including phenoxy) is 1. The van der Waals surface area contributed by atoms with Crippen LogP contribution in [0.2, 0.25) is 0 Å². The Kier molecular flexibility index (Phi) is 6.94. The van der Waals surface area contributed by atoms with Crippen LogP contribution in [-0.2, 0) is 4.74 Å². The Morgan fingerprint density at radius 3 is 2.38 bits per heavy atom. The topological polar surface area (TPSA) is 44.8 Å². The lowest BCUT2D eigenvalue weighted by molar-refractivity contribution is 0.0179. The minimum absolute atomic E-state index is 0.0197. The summed E-state index contributed by atoms with van der Waals surface area (Å²) in [5.74, 6) is 0.448. The Bertz CT molecular complexity index is 325. The first-order chi connectivity index (χ1) is 9.71. The fraction of sp³-hybridized carbons (Fsp3) is 0.938. The Hall–Kier alpha value is -0.810. The molecule has 1 heterocycles. The SMILES string of the molecule is CC(C)C(C)NC(=O)N(C)CC(C)(C)CN1CCOCC1. The van der Waals surface area contributed by atoms with E-state index in [9.17, 15) is 4.79 Å². The standard InChI is InChI=1S/C16H33N3O2/c1-13(2)14(3)17-15(20)18(6)11-16(4,5)12-19-7-9-21-10-8-19/h13-14H,7-12H2,1-6H3,(H,17,20). The van der Waals surface area contributed by atoms with Gasteiger partial charge in [-0.1, -0.05) is 27.7 Å². The van der Waals surface area contributed by atoms with Crippen LogP contribution in [0.15, 0.2) is 0 Å². The minimum atomic E-state index is 0.0197. The molecule has 0 spiro atoms. The molecule has 21 heavy (non-hydrogen) atoms. The van der Waals surface area contributed by atoms with E-state index in [-0.39, 0.29) is 17.5 Å². The highest BCUT2D eigenvalue weighted by molar-refractivity contribution is 5.74. The van der Waals surface area contributed by atoms with E-state index in [2.05, 4.69) is 44.8 Å².